The van der Waals surface area contributed by atoms with Crippen molar-refractivity contribution in [2.45, 2.75) is 17.4 Å². The number of rotatable bonds is 7. The second-order valence-corrected chi connectivity index (χ2v) is 7.07. The minimum Gasteiger partial charge on any atom is -0.385 e. The molecule has 0 radical (unpaired) electrons. The summed E-state index contributed by atoms with van der Waals surface area (Å²) < 4.78 is 32.7. The Kier molecular flexibility index (Phi) is 5.63. The highest BCUT2D eigenvalue weighted by Crippen LogP contribution is 2.24. The summed E-state index contributed by atoms with van der Waals surface area (Å²) in [6.07, 6.45) is 3.70. The molecule has 0 aliphatic rings. The third-order valence-corrected chi connectivity index (χ3v) is 5.48. The van der Waals surface area contributed by atoms with E-state index in [-0.39, 0.29) is 9.77 Å². The predicted octanol–water partition coefficient (Wildman–Crippen LogP) is 2.07. The van der Waals surface area contributed by atoms with Crippen LogP contribution in [0.5, 0.6) is 0 Å². The molecule has 0 aliphatic heterocycles. The van der Waals surface area contributed by atoms with Gasteiger partial charge in [-0.15, -0.1) is 11.3 Å². The maximum absolute atomic E-state index is 12.5. The second kappa shape index (κ2) is 7.47. The zero-order valence-electron chi connectivity index (χ0n) is 11.9. The van der Waals surface area contributed by atoms with E-state index in [9.17, 15) is 8.42 Å². The van der Waals surface area contributed by atoms with Gasteiger partial charge in [0, 0.05) is 26.1 Å². The van der Waals surface area contributed by atoms with Crippen molar-refractivity contribution < 1.29 is 13.2 Å². The molecule has 1 unspecified atom stereocenters. The Balaban J connectivity index is 2.29. The summed E-state index contributed by atoms with van der Waals surface area (Å²) in [4.78, 5) is 4.19. The van der Waals surface area contributed by atoms with Crippen molar-refractivity contribution in [1.29, 1.82) is 5.26 Å². The van der Waals surface area contributed by atoms with Crippen LogP contribution in [0.1, 0.15) is 22.9 Å². The van der Waals surface area contributed by atoms with Crippen LogP contribution in [0.3, 0.4) is 0 Å². The van der Waals surface area contributed by atoms with Gasteiger partial charge >= 0.3 is 0 Å². The van der Waals surface area contributed by atoms with Crippen LogP contribution in [0.15, 0.2) is 40.9 Å². The van der Waals surface area contributed by atoms with Gasteiger partial charge in [-0.05, 0) is 29.5 Å². The maximum atomic E-state index is 12.5. The molecule has 2 rings (SSSR count). The van der Waals surface area contributed by atoms with Gasteiger partial charge in [0.15, 0.2) is 0 Å². The summed E-state index contributed by atoms with van der Waals surface area (Å²) >= 11 is 1.10. The van der Waals surface area contributed by atoms with Crippen LogP contribution in [0.2, 0.25) is 0 Å². The summed E-state index contributed by atoms with van der Waals surface area (Å²) in [6.45, 7) is 0.400. The van der Waals surface area contributed by atoms with E-state index in [1.54, 1.807) is 37.0 Å². The first kappa shape index (κ1) is 16.6. The number of ether oxygens (including phenoxy) is 1. The van der Waals surface area contributed by atoms with Crippen LogP contribution < -0.4 is 4.72 Å². The molecule has 1 N–H and O–H groups in total. The summed E-state index contributed by atoms with van der Waals surface area (Å²) in [7, 11) is -2.23. The van der Waals surface area contributed by atoms with E-state index in [2.05, 4.69) is 9.71 Å². The van der Waals surface area contributed by atoms with E-state index >= 15 is 0 Å². The van der Waals surface area contributed by atoms with Gasteiger partial charge in [0.1, 0.15) is 15.8 Å². The summed E-state index contributed by atoms with van der Waals surface area (Å²) in [6, 6.07) is 6.41. The average molecular weight is 337 g/mol. The largest absolute Gasteiger partial charge is 0.385 e. The quantitative estimate of drug-likeness (QED) is 0.835. The van der Waals surface area contributed by atoms with Crippen LogP contribution >= 0.6 is 11.3 Å². The second-order valence-electron chi connectivity index (χ2n) is 4.47. The van der Waals surface area contributed by atoms with Gasteiger partial charge in [0.2, 0.25) is 10.0 Å². The molecule has 2 heterocycles. The average Bonchev–Trinajstić information content (AvgIpc) is 3.02. The molecule has 0 spiro atoms. The predicted molar refractivity (Wildman–Crippen MR) is 82.8 cm³/mol. The molecule has 0 bridgehead atoms. The van der Waals surface area contributed by atoms with Crippen molar-refractivity contribution in [3.8, 4) is 6.07 Å². The van der Waals surface area contributed by atoms with Gasteiger partial charge in [-0.25, -0.2) is 13.1 Å². The summed E-state index contributed by atoms with van der Waals surface area (Å²) in [5.41, 5.74) is 0.747. The highest BCUT2D eigenvalue weighted by atomic mass is 32.2. The normalized spacial score (nSPS) is 12.7. The lowest BCUT2D eigenvalue weighted by Gasteiger charge is -2.18. The highest BCUT2D eigenvalue weighted by Gasteiger charge is 2.24. The molecule has 116 valence electrons. The lowest BCUT2D eigenvalue weighted by Crippen LogP contribution is -2.29. The minimum atomic E-state index is -3.78. The number of methoxy groups -OCH3 is 1. The zero-order chi connectivity index (χ0) is 16.0. The van der Waals surface area contributed by atoms with Crippen molar-refractivity contribution in [3.63, 3.8) is 0 Å². The molecule has 2 aromatic heterocycles. The molecule has 6 nitrogen and oxygen atoms in total. The van der Waals surface area contributed by atoms with Crippen LogP contribution in [0, 0.1) is 11.3 Å². The first-order valence-corrected chi connectivity index (χ1v) is 8.83. The van der Waals surface area contributed by atoms with Gasteiger partial charge in [0.25, 0.3) is 0 Å². The molecule has 0 saturated heterocycles. The number of sulfonamides is 1. The topological polar surface area (TPSA) is 92.1 Å². The first-order valence-electron chi connectivity index (χ1n) is 6.47. The van der Waals surface area contributed by atoms with E-state index in [0.717, 1.165) is 16.9 Å². The fourth-order valence-corrected chi connectivity index (χ4v) is 4.38. The number of nitrogens with one attached hydrogen (secondary N) is 1. The van der Waals surface area contributed by atoms with Gasteiger partial charge in [-0.3, -0.25) is 4.98 Å². The number of hydrogen-bond acceptors (Lipinski definition) is 6. The highest BCUT2D eigenvalue weighted by molar-refractivity contribution is 7.89. The number of nitrogens with zero attached hydrogens (tertiary/aromatic N) is 2. The summed E-state index contributed by atoms with van der Waals surface area (Å²) in [5, 5.41) is 10.6. The van der Waals surface area contributed by atoms with Crippen molar-refractivity contribution in [3.05, 3.63) is 46.4 Å². The Morgan fingerprint density at radius 1 is 1.50 bits per heavy atom. The van der Waals surface area contributed by atoms with E-state index in [4.69, 9.17) is 10.00 Å². The maximum Gasteiger partial charge on any atom is 0.243 e. The standard InChI is InChI=1S/C14H15N3O3S2/c1-20-7-4-12(11-3-2-6-16-10-11)17-22(18,19)14-5-8-21-13(14)9-15/h2-3,5-6,8,10,12,17H,4,7H2,1H3. The molecule has 0 aromatic carbocycles. The molecule has 2 aromatic rings. The fourth-order valence-electron chi connectivity index (χ4n) is 1.95. The Morgan fingerprint density at radius 2 is 2.32 bits per heavy atom. The fraction of sp³-hybridized carbons (Fsp3) is 0.286. The van der Waals surface area contributed by atoms with Gasteiger partial charge < -0.3 is 4.74 Å². The molecule has 0 aliphatic carbocycles. The van der Waals surface area contributed by atoms with Crippen molar-refractivity contribution in [2.75, 3.05) is 13.7 Å². The van der Waals surface area contributed by atoms with Crippen LogP contribution in [0.25, 0.3) is 0 Å². The van der Waals surface area contributed by atoms with Crippen LogP contribution in [0.4, 0.5) is 0 Å². The van der Waals surface area contributed by atoms with E-state index in [0.29, 0.717) is 13.0 Å². The summed E-state index contributed by atoms with van der Waals surface area (Å²) in [5.74, 6) is 0. The van der Waals surface area contributed by atoms with Gasteiger partial charge in [-0.2, -0.15) is 5.26 Å². The van der Waals surface area contributed by atoms with Gasteiger partial charge in [0.05, 0.1) is 6.04 Å². The molecule has 0 amide bonds. The van der Waals surface area contributed by atoms with Crippen LogP contribution in [-0.2, 0) is 14.8 Å². The smallest absolute Gasteiger partial charge is 0.243 e. The third kappa shape index (κ3) is 3.90. The van der Waals surface area contributed by atoms with E-state index < -0.39 is 16.1 Å². The number of hydrogen-bond donors (Lipinski definition) is 1. The SMILES string of the molecule is COCCC(NS(=O)(=O)c1ccsc1C#N)c1cccnc1. The number of nitriles is 1. The van der Waals surface area contributed by atoms with Crippen molar-refractivity contribution in [1.82, 2.24) is 9.71 Å². The molecule has 22 heavy (non-hydrogen) atoms. The Bertz CT molecular complexity index is 751. The molecule has 0 fully saturated rings. The molecule has 8 heteroatoms. The van der Waals surface area contributed by atoms with E-state index in [1.165, 1.54) is 6.07 Å². The van der Waals surface area contributed by atoms with E-state index in [1.807, 2.05) is 6.07 Å². The lowest BCUT2D eigenvalue weighted by molar-refractivity contribution is 0.186. The Labute approximate surface area is 133 Å². The number of thiophene rings is 1. The van der Waals surface area contributed by atoms with Gasteiger partial charge in [-0.1, -0.05) is 6.07 Å². The van der Waals surface area contributed by atoms with Crippen molar-refractivity contribution >= 4 is 21.4 Å². The molecule has 1 atom stereocenters. The van der Waals surface area contributed by atoms with Crippen molar-refractivity contribution in [2.24, 2.45) is 0 Å². The molecule has 0 saturated carbocycles. The number of aromatic nitrogens is 1. The lowest BCUT2D eigenvalue weighted by atomic mass is 10.1. The zero-order valence-corrected chi connectivity index (χ0v) is 13.5. The monoisotopic (exact) mass is 337 g/mol. The third-order valence-electron chi connectivity index (χ3n) is 3.02. The number of pyridine rings is 1. The Morgan fingerprint density at radius 3 is 2.95 bits per heavy atom. The minimum absolute atomic E-state index is 0.00584. The molecular weight excluding hydrogens is 322 g/mol. The van der Waals surface area contributed by atoms with Crippen LogP contribution in [-0.4, -0.2) is 27.1 Å². The Hall–Kier alpha value is -1.79. The molecular formula is C14H15N3O3S2. The first-order chi connectivity index (χ1) is 10.6.